The van der Waals surface area contributed by atoms with Crippen molar-refractivity contribution in [3.05, 3.63) is 61.7 Å². The summed E-state index contributed by atoms with van der Waals surface area (Å²) in [4.78, 5) is 3.96. The molecule has 0 amide bonds. The van der Waals surface area contributed by atoms with Crippen molar-refractivity contribution in [3.63, 3.8) is 0 Å². The molecular formula is C10H8N. The molecule has 0 aromatic carbocycles. The molecule has 11 heavy (non-hydrogen) atoms. The van der Waals surface area contributed by atoms with Gasteiger partial charge in [0.25, 0.3) is 0 Å². The van der Waals surface area contributed by atoms with Gasteiger partial charge in [-0.05, 0) is 43.4 Å². The Morgan fingerprint density at radius 2 is 1.55 bits per heavy atom. The van der Waals surface area contributed by atoms with Crippen LogP contribution in [0, 0.1) is 31.6 Å². The summed E-state index contributed by atoms with van der Waals surface area (Å²) in [7, 11) is 0. The van der Waals surface area contributed by atoms with E-state index >= 15 is 0 Å². The zero-order chi connectivity index (χ0) is 7.52. The maximum Gasteiger partial charge on any atom is 0.0270 e. The van der Waals surface area contributed by atoms with Crippen LogP contribution >= 0.6 is 0 Å². The molecule has 0 spiro atoms. The lowest BCUT2D eigenvalue weighted by atomic mass is 9.99. The summed E-state index contributed by atoms with van der Waals surface area (Å²) in [5.41, 5.74) is 1.23. The summed E-state index contributed by atoms with van der Waals surface area (Å²) >= 11 is 0. The molecule has 1 aliphatic rings. The Balaban J connectivity index is 2.16. The fraction of sp³-hybridized carbons (Fsp3) is 0. The van der Waals surface area contributed by atoms with Gasteiger partial charge in [-0.25, -0.2) is 0 Å². The lowest BCUT2D eigenvalue weighted by Crippen LogP contribution is -1.93. The second kappa shape index (κ2) is 3.04. The van der Waals surface area contributed by atoms with Crippen LogP contribution in [0.4, 0.5) is 0 Å². The Morgan fingerprint density at radius 3 is 2.18 bits per heavy atom. The molecule has 1 fully saturated rings. The van der Waals surface area contributed by atoms with Crippen molar-refractivity contribution < 1.29 is 0 Å². The third-order valence-electron chi connectivity index (χ3n) is 1.68. The average Bonchev–Trinajstić information content (AvgIpc) is 2.58. The fourth-order valence-corrected chi connectivity index (χ4v) is 1.11. The summed E-state index contributed by atoms with van der Waals surface area (Å²) in [6.45, 7) is 0. The van der Waals surface area contributed by atoms with E-state index in [-0.39, 0.29) is 0 Å². The van der Waals surface area contributed by atoms with Crippen LogP contribution in [-0.4, -0.2) is 4.98 Å². The van der Waals surface area contributed by atoms with E-state index in [4.69, 9.17) is 0 Å². The lowest BCUT2D eigenvalue weighted by Gasteiger charge is -2.05. The van der Waals surface area contributed by atoms with E-state index in [9.17, 15) is 0 Å². The van der Waals surface area contributed by atoms with E-state index in [0.29, 0.717) is 0 Å². The van der Waals surface area contributed by atoms with Gasteiger partial charge < -0.3 is 0 Å². The fourth-order valence-electron chi connectivity index (χ4n) is 1.11. The van der Waals surface area contributed by atoms with Crippen molar-refractivity contribution in [2.24, 2.45) is 0 Å². The summed E-state index contributed by atoms with van der Waals surface area (Å²) in [5.74, 6) is 1.26. The van der Waals surface area contributed by atoms with Crippen molar-refractivity contribution in [1.82, 2.24) is 4.98 Å². The molecule has 0 N–H and O–H groups in total. The Labute approximate surface area is 67.5 Å². The Morgan fingerprint density at radius 1 is 0.909 bits per heavy atom. The summed E-state index contributed by atoms with van der Waals surface area (Å²) in [6.07, 6.45) is 11.9. The quantitative estimate of drug-likeness (QED) is 0.583. The summed E-state index contributed by atoms with van der Waals surface area (Å²) in [5, 5.41) is 0. The highest BCUT2D eigenvalue weighted by molar-refractivity contribution is 5.48. The Hall–Kier alpha value is -0.850. The van der Waals surface area contributed by atoms with E-state index in [1.54, 1.807) is 0 Å². The van der Waals surface area contributed by atoms with E-state index in [1.165, 1.54) is 11.5 Å². The highest BCUT2D eigenvalue weighted by atomic mass is 14.6. The number of nitrogens with zero attached hydrogens (tertiary/aromatic N) is 1. The van der Waals surface area contributed by atoms with Crippen LogP contribution < -0.4 is 0 Å². The first kappa shape index (κ1) is 6.84. The van der Waals surface area contributed by atoms with Crippen molar-refractivity contribution in [2.75, 3.05) is 0 Å². The van der Waals surface area contributed by atoms with Gasteiger partial charge in [0.15, 0.2) is 0 Å². The molecule has 1 heterocycles. The van der Waals surface area contributed by atoms with Gasteiger partial charge in [0, 0.05) is 18.3 Å². The highest BCUT2D eigenvalue weighted by Crippen LogP contribution is 2.29. The maximum absolute atomic E-state index is 3.96. The molecule has 1 nitrogen and oxygen atoms in total. The van der Waals surface area contributed by atoms with Crippen LogP contribution in [0.15, 0.2) is 24.5 Å². The highest BCUT2D eigenvalue weighted by Gasteiger charge is 2.17. The van der Waals surface area contributed by atoms with Gasteiger partial charge in [-0.2, -0.15) is 0 Å². The van der Waals surface area contributed by atoms with Crippen LogP contribution in [0.1, 0.15) is 5.56 Å². The van der Waals surface area contributed by atoms with Gasteiger partial charge in [0.1, 0.15) is 0 Å². The number of rotatable bonds is 1. The first-order chi connectivity index (χ1) is 5.47. The second-order valence-corrected chi connectivity index (χ2v) is 2.41. The van der Waals surface area contributed by atoms with Crippen molar-refractivity contribution in [1.29, 1.82) is 0 Å². The van der Waals surface area contributed by atoms with Gasteiger partial charge >= 0.3 is 0 Å². The Bertz CT molecular complexity index is 212. The molecule has 1 heteroatoms. The van der Waals surface area contributed by atoms with Crippen LogP contribution in [0.5, 0.6) is 0 Å². The predicted molar refractivity (Wildman–Crippen MR) is 43.8 cm³/mol. The standard InChI is InChI=1S/C10H8N/c1-2-4-9(3-1)10-5-7-11-8-6-10/h1-8H. The van der Waals surface area contributed by atoms with E-state index in [0.717, 1.165) is 0 Å². The van der Waals surface area contributed by atoms with Gasteiger partial charge in [0.05, 0.1) is 0 Å². The van der Waals surface area contributed by atoms with Gasteiger partial charge in [0.2, 0.25) is 0 Å². The smallest absolute Gasteiger partial charge is 0.0270 e. The molecule has 0 bridgehead atoms. The van der Waals surface area contributed by atoms with Crippen molar-refractivity contribution in [3.8, 4) is 0 Å². The number of hydrogen-bond acceptors (Lipinski definition) is 1. The summed E-state index contributed by atoms with van der Waals surface area (Å²) in [6, 6.07) is 4.02. The van der Waals surface area contributed by atoms with Gasteiger partial charge in [-0.15, -0.1) is 0 Å². The number of aromatic nitrogens is 1. The minimum atomic E-state index is 1.23. The zero-order valence-corrected chi connectivity index (χ0v) is 6.07. The monoisotopic (exact) mass is 142 g/mol. The molecule has 2 rings (SSSR count). The minimum absolute atomic E-state index is 1.23. The molecule has 0 atom stereocenters. The van der Waals surface area contributed by atoms with Gasteiger partial charge in [-0.3, -0.25) is 4.98 Å². The third-order valence-corrected chi connectivity index (χ3v) is 1.68. The molecule has 1 aliphatic carbocycles. The Kier molecular flexibility index (Phi) is 1.89. The molecule has 0 saturated heterocycles. The largest absolute Gasteiger partial charge is 0.265 e. The first-order valence-electron chi connectivity index (χ1n) is 3.59. The molecule has 53 valence electrons. The molecule has 5 radical (unpaired) electrons. The van der Waals surface area contributed by atoms with E-state index < -0.39 is 0 Å². The van der Waals surface area contributed by atoms with Crippen molar-refractivity contribution in [2.45, 2.75) is 0 Å². The molecule has 1 aromatic rings. The molecule has 1 saturated carbocycles. The molecule has 0 unspecified atom stereocenters. The summed E-state index contributed by atoms with van der Waals surface area (Å²) < 4.78 is 0. The minimum Gasteiger partial charge on any atom is -0.265 e. The first-order valence-corrected chi connectivity index (χ1v) is 3.59. The normalized spacial score (nSPS) is 18.9. The zero-order valence-electron chi connectivity index (χ0n) is 6.07. The van der Waals surface area contributed by atoms with Crippen molar-refractivity contribution >= 4 is 0 Å². The third kappa shape index (κ3) is 1.42. The van der Waals surface area contributed by atoms with Crippen LogP contribution in [0.2, 0.25) is 0 Å². The second-order valence-electron chi connectivity index (χ2n) is 2.41. The van der Waals surface area contributed by atoms with Crippen LogP contribution in [0.25, 0.3) is 0 Å². The lowest BCUT2D eigenvalue weighted by molar-refractivity contribution is 1.23. The van der Waals surface area contributed by atoms with Crippen LogP contribution in [-0.2, 0) is 0 Å². The van der Waals surface area contributed by atoms with E-state index in [1.807, 2.05) is 37.4 Å². The van der Waals surface area contributed by atoms with E-state index in [2.05, 4.69) is 17.8 Å². The van der Waals surface area contributed by atoms with Gasteiger partial charge in [-0.1, -0.05) is 0 Å². The molecule has 0 aliphatic heterocycles. The number of pyridine rings is 1. The molecular weight excluding hydrogens is 134 g/mol. The maximum atomic E-state index is 3.96. The van der Waals surface area contributed by atoms with Crippen LogP contribution in [0.3, 0.4) is 0 Å². The predicted octanol–water partition coefficient (Wildman–Crippen LogP) is 1.83. The topological polar surface area (TPSA) is 12.9 Å². The molecule has 1 aromatic heterocycles. The average molecular weight is 142 g/mol. The SMILES string of the molecule is [CH]1[CH][CH][C](c2ccncc2)[CH]1. The number of hydrogen-bond donors (Lipinski definition) is 0.